The molecular formula is C13H14BrFN2O2S2. The number of sulfonamides is 1. The van der Waals surface area contributed by atoms with Crippen molar-refractivity contribution in [3.8, 4) is 0 Å². The normalized spacial score (nSPS) is 11.6. The van der Waals surface area contributed by atoms with E-state index in [0.717, 1.165) is 9.18 Å². The van der Waals surface area contributed by atoms with E-state index in [1.54, 1.807) is 19.2 Å². The summed E-state index contributed by atoms with van der Waals surface area (Å²) in [6.45, 7) is 0.572. The standard InChI is InChI=1S/C13H14BrFN2O2S2/c1-16-8-9-7-12(13(14)20-9)21(18,19)17(2)11-6-4-3-5-10(11)15/h3-7,16H,8H2,1-2H3. The van der Waals surface area contributed by atoms with Crippen LogP contribution in [0.1, 0.15) is 4.88 Å². The summed E-state index contributed by atoms with van der Waals surface area (Å²) in [5.74, 6) is -0.578. The highest BCUT2D eigenvalue weighted by atomic mass is 79.9. The molecule has 1 aromatic carbocycles. The molecule has 1 heterocycles. The van der Waals surface area contributed by atoms with Gasteiger partial charge in [0.05, 0.1) is 9.47 Å². The summed E-state index contributed by atoms with van der Waals surface area (Å²) >= 11 is 4.61. The molecule has 0 bridgehead atoms. The highest BCUT2D eigenvalue weighted by Gasteiger charge is 2.27. The van der Waals surface area contributed by atoms with Gasteiger partial charge >= 0.3 is 0 Å². The fourth-order valence-electron chi connectivity index (χ4n) is 1.82. The number of rotatable bonds is 5. The molecule has 8 heteroatoms. The number of halogens is 2. The SMILES string of the molecule is CNCc1cc(S(=O)(=O)N(C)c2ccccc2F)c(Br)s1. The summed E-state index contributed by atoms with van der Waals surface area (Å²) in [6.07, 6.45) is 0. The van der Waals surface area contributed by atoms with Crippen molar-refractivity contribution in [3.63, 3.8) is 0 Å². The van der Waals surface area contributed by atoms with E-state index in [1.807, 2.05) is 0 Å². The van der Waals surface area contributed by atoms with Crippen LogP contribution in [0.25, 0.3) is 0 Å². The molecule has 1 N–H and O–H groups in total. The maximum Gasteiger partial charge on any atom is 0.266 e. The van der Waals surface area contributed by atoms with Crippen LogP contribution in [-0.2, 0) is 16.6 Å². The number of nitrogens with one attached hydrogen (secondary N) is 1. The van der Waals surface area contributed by atoms with Crippen molar-refractivity contribution >= 4 is 43.0 Å². The molecule has 1 aromatic heterocycles. The summed E-state index contributed by atoms with van der Waals surface area (Å²) < 4.78 is 40.5. The molecule has 2 rings (SSSR count). The molecule has 0 aliphatic heterocycles. The second kappa shape index (κ2) is 6.43. The lowest BCUT2D eigenvalue weighted by Gasteiger charge is -2.19. The monoisotopic (exact) mass is 392 g/mol. The van der Waals surface area contributed by atoms with E-state index in [0.29, 0.717) is 10.3 Å². The second-order valence-electron chi connectivity index (χ2n) is 4.30. The number of hydrogen-bond donors (Lipinski definition) is 1. The van der Waals surface area contributed by atoms with Gasteiger partial charge in [0, 0.05) is 18.5 Å². The van der Waals surface area contributed by atoms with Crippen LogP contribution in [-0.4, -0.2) is 22.5 Å². The summed E-state index contributed by atoms with van der Waals surface area (Å²) in [5, 5.41) is 2.97. The molecule has 0 aliphatic carbocycles. The van der Waals surface area contributed by atoms with Gasteiger partial charge in [-0.3, -0.25) is 4.31 Å². The predicted octanol–water partition coefficient (Wildman–Crippen LogP) is 3.19. The van der Waals surface area contributed by atoms with Gasteiger partial charge in [-0.05, 0) is 41.2 Å². The minimum absolute atomic E-state index is 0.0192. The van der Waals surface area contributed by atoms with Crippen molar-refractivity contribution in [2.45, 2.75) is 11.4 Å². The number of nitrogens with zero attached hydrogens (tertiary/aromatic N) is 1. The average molecular weight is 393 g/mol. The molecule has 2 aromatic rings. The summed E-state index contributed by atoms with van der Waals surface area (Å²) in [6, 6.07) is 7.38. The molecule has 0 radical (unpaired) electrons. The van der Waals surface area contributed by atoms with Crippen LogP contribution in [0.5, 0.6) is 0 Å². The number of para-hydroxylation sites is 1. The Balaban J connectivity index is 2.45. The van der Waals surface area contributed by atoms with E-state index in [4.69, 9.17) is 0 Å². The van der Waals surface area contributed by atoms with Gasteiger partial charge in [0.1, 0.15) is 10.7 Å². The molecule has 4 nitrogen and oxygen atoms in total. The van der Waals surface area contributed by atoms with Crippen LogP contribution in [0.15, 0.2) is 39.0 Å². The van der Waals surface area contributed by atoms with Crippen molar-refractivity contribution < 1.29 is 12.8 Å². The van der Waals surface area contributed by atoms with Gasteiger partial charge in [-0.2, -0.15) is 0 Å². The fourth-order valence-corrected chi connectivity index (χ4v) is 5.67. The van der Waals surface area contributed by atoms with Crippen molar-refractivity contribution in [2.24, 2.45) is 0 Å². The quantitative estimate of drug-likeness (QED) is 0.849. The first kappa shape index (κ1) is 16.4. The van der Waals surface area contributed by atoms with E-state index >= 15 is 0 Å². The van der Waals surface area contributed by atoms with Crippen molar-refractivity contribution in [3.05, 3.63) is 44.8 Å². The van der Waals surface area contributed by atoms with Crippen molar-refractivity contribution in [1.82, 2.24) is 5.32 Å². The molecule has 0 saturated carbocycles. The highest BCUT2D eigenvalue weighted by molar-refractivity contribution is 9.11. The zero-order valence-corrected chi connectivity index (χ0v) is 14.6. The third kappa shape index (κ3) is 3.28. The van der Waals surface area contributed by atoms with Crippen molar-refractivity contribution in [1.29, 1.82) is 0 Å². The molecule has 0 spiro atoms. The topological polar surface area (TPSA) is 49.4 Å². The predicted molar refractivity (Wildman–Crippen MR) is 86.8 cm³/mol. The lowest BCUT2D eigenvalue weighted by Crippen LogP contribution is -2.27. The first-order valence-electron chi connectivity index (χ1n) is 6.04. The van der Waals surface area contributed by atoms with Crippen LogP contribution in [0.2, 0.25) is 0 Å². The summed E-state index contributed by atoms with van der Waals surface area (Å²) in [4.78, 5) is 1.02. The summed E-state index contributed by atoms with van der Waals surface area (Å²) in [7, 11) is -0.686. The average Bonchev–Trinajstić information content (AvgIpc) is 2.80. The van der Waals surface area contributed by atoms with E-state index in [9.17, 15) is 12.8 Å². The Morgan fingerprint density at radius 2 is 2.05 bits per heavy atom. The largest absolute Gasteiger partial charge is 0.315 e. The lowest BCUT2D eigenvalue weighted by molar-refractivity contribution is 0.589. The Bertz CT molecular complexity index is 746. The number of thiophene rings is 1. The van der Waals surface area contributed by atoms with Crippen LogP contribution in [0, 0.1) is 5.82 Å². The minimum atomic E-state index is -3.81. The van der Waals surface area contributed by atoms with Gasteiger partial charge < -0.3 is 5.32 Å². The van der Waals surface area contributed by atoms with Crippen LogP contribution >= 0.6 is 27.3 Å². The number of hydrogen-bond acceptors (Lipinski definition) is 4. The zero-order chi connectivity index (χ0) is 15.6. The second-order valence-corrected chi connectivity index (χ2v) is 8.70. The third-order valence-electron chi connectivity index (χ3n) is 2.89. The van der Waals surface area contributed by atoms with Gasteiger partial charge in [-0.1, -0.05) is 12.1 Å². The van der Waals surface area contributed by atoms with Crippen LogP contribution < -0.4 is 9.62 Å². The van der Waals surface area contributed by atoms with Gasteiger partial charge in [-0.15, -0.1) is 11.3 Å². The van der Waals surface area contributed by atoms with Gasteiger partial charge in [0.25, 0.3) is 10.0 Å². The van der Waals surface area contributed by atoms with E-state index in [-0.39, 0.29) is 10.6 Å². The molecule has 0 fully saturated rings. The maximum atomic E-state index is 13.8. The minimum Gasteiger partial charge on any atom is -0.315 e. The highest BCUT2D eigenvalue weighted by Crippen LogP contribution is 2.35. The Morgan fingerprint density at radius 1 is 1.38 bits per heavy atom. The molecule has 0 aliphatic rings. The first-order chi connectivity index (χ1) is 9.87. The zero-order valence-electron chi connectivity index (χ0n) is 11.4. The maximum absolute atomic E-state index is 13.8. The molecular weight excluding hydrogens is 379 g/mol. The first-order valence-corrected chi connectivity index (χ1v) is 9.09. The van der Waals surface area contributed by atoms with E-state index < -0.39 is 15.8 Å². The van der Waals surface area contributed by atoms with E-state index in [1.165, 1.54) is 36.6 Å². The van der Waals surface area contributed by atoms with Crippen molar-refractivity contribution in [2.75, 3.05) is 18.4 Å². The Labute approximate surface area is 135 Å². The molecule has 21 heavy (non-hydrogen) atoms. The smallest absolute Gasteiger partial charge is 0.266 e. The van der Waals surface area contributed by atoms with Gasteiger partial charge in [0.15, 0.2) is 0 Å². The summed E-state index contributed by atoms with van der Waals surface area (Å²) in [5.41, 5.74) is 0.0192. The third-order valence-corrected chi connectivity index (χ3v) is 6.91. The number of benzene rings is 1. The molecule has 0 amide bonds. The molecule has 114 valence electrons. The lowest BCUT2D eigenvalue weighted by atomic mass is 10.3. The van der Waals surface area contributed by atoms with Gasteiger partial charge in [-0.25, -0.2) is 12.8 Å². The Hall–Kier alpha value is -0.960. The van der Waals surface area contributed by atoms with Gasteiger partial charge in [0.2, 0.25) is 0 Å². The Kier molecular flexibility index (Phi) is 5.03. The van der Waals surface area contributed by atoms with Crippen LogP contribution in [0.4, 0.5) is 10.1 Å². The van der Waals surface area contributed by atoms with E-state index in [2.05, 4.69) is 21.2 Å². The molecule has 0 saturated heterocycles. The fraction of sp³-hybridized carbons (Fsp3) is 0.231. The Morgan fingerprint density at radius 3 is 2.67 bits per heavy atom. The number of anilines is 1. The van der Waals surface area contributed by atoms with Crippen LogP contribution in [0.3, 0.4) is 0 Å². The molecule has 0 unspecified atom stereocenters. The molecule has 0 atom stereocenters.